The molecule has 21 heavy (non-hydrogen) atoms. The Labute approximate surface area is 129 Å². The Balaban J connectivity index is 1.48. The Bertz CT molecular complexity index is 415. The van der Waals surface area contributed by atoms with E-state index in [1.165, 1.54) is 57.5 Å². The summed E-state index contributed by atoms with van der Waals surface area (Å²) in [6, 6.07) is 5.26. The third kappa shape index (κ3) is 4.04. The summed E-state index contributed by atoms with van der Waals surface area (Å²) in [6.07, 6.45) is 8.10. The van der Waals surface area contributed by atoms with E-state index < -0.39 is 0 Å². The standard InChI is InChI=1S/C18H29N3/c1-15-11-16(2)13-21(12-15)18-5-9-20(10-6-18)14-17-3-7-19-8-4-17/h3-4,7-8,15-16,18H,5-6,9-14H2,1-2H3/p+2/t15-,16+. The summed E-state index contributed by atoms with van der Waals surface area (Å²) in [5.41, 5.74) is 1.44. The molecule has 2 N–H and O–H groups in total. The smallest absolute Gasteiger partial charge is 0.103 e. The number of nitrogens with one attached hydrogen (secondary N) is 2. The normalized spacial score (nSPS) is 37.3. The molecule has 0 bridgehead atoms. The maximum absolute atomic E-state index is 4.11. The highest BCUT2D eigenvalue weighted by molar-refractivity contribution is 5.07. The molecule has 3 heterocycles. The molecule has 1 unspecified atom stereocenters. The average molecular weight is 289 g/mol. The Morgan fingerprint density at radius 2 is 1.67 bits per heavy atom. The van der Waals surface area contributed by atoms with Gasteiger partial charge in [0, 0.05) is 42.6 Å². The molecule has 2 aliphatic heterocycles. The Kier molecular flexibility index (Phi) is 4.91. The lowest BCUT2D eigenvalue weighted by Crippen LogP contribution is -3.21. The molecule has 0 radical (unpaired) electrons. The van der Waals surface area contributed by atoms with Crippen LogP contribution in [0, 0.1) is 11.8 Å². The van der Waals surface area contributed by atoms with Gasteiger partial charge in [-0.2, -0.15) is 0 Å². The highest BCUT2D eigenvalue weighted by atomic mass is 15.2. The number of piperidine rings is 2. The molecule has 1 aromatic rings. The molecule has 3 heteroatoms. The van der Waals surface area contributed by atoms with Gasteiger partial charge in [-0.3, -0.25) is 4.98 Å². The van der Waals surface area contributed by atoms with E-state index in [4.69, 9.17) is 0 Å². The van der Waals surface area contributed by atoms with Gasteiger partial charge >= 0.3 is 0 Å². The van der Waals surface area contributed by atoms with Crippen molar-refractivity contribution in [2.75, 3.05) is 26.2 Å². The Morgan fingerprint density at radius 1 is 1.05 bits per heavy atom. The minimum Gasteiger partial charge on any atom is -0.332 e. The van der Waals surface area contributed by atoms with Crippen LogP contribution in [0.15, 0.2) is 24.5 Å². The fourth-order valence-corrected chi connectivity index (χ4v) is 4.57. The Morgan fingerprint density at radius 3 is 2.29 bits per heavy atom. The summed E-state index contributed by atoms with van der Waals surface area (Å²) in [6.45, 7) is 11.6. The fraction of sp³-hybridized carbons (Fsp3) is 0.722. The van der Waals surface area contributed by atoms with E-state index >= 15 is 0 Å². The molecule has 0 aliphatic carbocycles. The first kappa shape index (κ1) is 15.0. The molecule has 0 spiro atoms. The zero-order chi connectivity index (χ0) is 14.7. The van der Waals surface area contributed by atoms with Crippen LogP contribution < -0.4 is 9.80 Å². The van der Waals surface area contributed by atoms with Gasteiger partial charge in [0.2, 0.25) is 0 Å². The molecule has 3 atom stereocenters. The van der Waals surface area contributed by atoms with Crippen molar-refractivity contribution < 1.29 is 9.80 Å². The van der Waals surface area contributed by atoms with E-state index in [9.17, 15) is 0 Å². The predicted octanol–water partition coefficient (Wildman–Crippen LogP) is 0.190. The van der Waals surface area contributed by atoms with Gasteiger partial charge in [-0.1, -0.05) is 13.8 Å². The number of quaternary nitrogens is 2. The van der Waals surface area contributed by atoms with Gasteiger partial charge < -0.3 is 9.80 Å². The molecule has 2 aliphatic rings. The number of nitrogens with zero attached hydrogens (tertiary/aromatic N) is 1. The summed E-state index contributed by atoms with van der Waals surface area (Å²) >= 11 is 0. The van der Waals surface area contributed by atoms with Crippen molar-refractivity contribution in [2.45, 2.75) is 45.7 Å². The largest absolute Gasteiger partial charge is 0.332 e. The Hall–Kier alpha value is -0.930. The van der Waals surface area contributed by atoms with Crippen molar-refractivity contribution in [2.24, 2.45) is 11.8 Å². The number of aromatic nitrogens is 1. The van der Waals surface area contributed by atoms with Crippen LogP contribution in [0.1, 0.15) is 38.7 Å². The SMILES string of the molecule is C[C@@H]1C[C@H](C)C[NH+](C2CC[NH+](Cc3ccncc3)CC2)C1. The highest BCUT2D eigenvalue weighted by Gasteiger charge is 2.34. The van der Waals surface area contributed by atoms with E-state index in [1.807, 2.05) is 17.3 Å². The number of hydrogen-bond donors (Lipinski definition) is 2. The van der Waals surface area contributed by atoms with Crippen molar-refractivity contribution in [1.29, 1.82) is 0 Å². The second-order valence-electron chi connectivity index (χ2n) is 7.57. The minimum absolute atomic E-state index is 0.922. The van der Waals surface area contributed by atoms with E-state index in [1.54, 1.807) is 4.90 Å². The molecule has 3 nitrogen and oxygen atoms in total. The highest BCUT2D eigenvalue weighted by Crippen LogP contribution is 2.13. The molecule has 0 amide bonds. The maximum atomic E-state index is 4.11. The van der Waals surface area contributed by atoms with Crippen LogP contribution in [0.3, 0.4) is 0 Å². The molecule has 2 saturated heterocycles. The van der Waals surface area contributed by atoms with Gasteiger partial charge in [0.1, 0.15) is 6.54 Å². The fourth-order valence-electron chi connectivity index (χ4n) is 4.57. The lowest BCUT2D eigenvalue weighted by atomic mass is 9.89. The first-order valence-electron chi connectivity index (χ1n) is 8.77. The molecular weight excluding hydrogens is 258 g/mol. The van der Waals surface area contributed by atoms with Gasteiger partial charge in [0.15, 0.2) is 0 Å². The van der Waals surface area contributed by atoms with Gasteiger partial charge in [0.25, 0.3) is 0 Å². The second kappa shape index (κ2) is 6.89. The van der Waals surface area contributed by atoms with E-state index in [2.05, 4.69) is 31.0 Å². The molecule has 2 fully saturated rings. The monoisotopic (exact) mass is 289 g/mol. The van der Waals surface area contributed by atoms with Crippen LogP contribution in [0.4, 0.5) is 0 Å². The molecule has 1 aromatic heterocycles. The number of rotatable bonds is 3. The molecule has 116 valence electrons. The topological polar surface area (TPSA) is 21.8 Å². The third-order valence-corrected chi connectivity index (χ3v) is 5.50. The van der Waals surface area contributed by atoms with Crippen LogP contribution >= 0.6 is 0 Å². The van der Waals surface area contributed by atoms with Crippen LogP contribution in [-0.2, 0) is 6.54 Å². The summed E-state index contributed by atoms with van der Waals surface area (Å²) in [7, 11) is 0. The molecule has 3 rings (SSSR count). The van der Waals surface area contributed by atoms with Crippen molar-refractivity contribution in [3.05, 3.63) is 30.1 Å². The summed E-state index contributed by atoms with van der Waals surface area (Å²) in [5.74, 6) is 1.84. The number of hydrogen-bond acceptors (Lipinski definition) is 1. The predicted molar refractivity (Wildman–Crippen MR) is 85.3 cm³/mol. The van der Waals surface area contributed by atoms with Gasteiger partial charge in [-0.15, -0.1) is 0 Å². The number of likely N-dealkylation sites (tertiary alicyclic amines) is 2. The van der Waals surface area contributed by atoms with Crippen LogP contribution in [0.2, 0.25) is 0 Å². The van der Waals surface area contributed by atoms with Crippen molar-refractivity contribution >= 4 is 0 Å². The van der Waals surface area contributed by atoms with Crippen LogP contribution in [-0.4, -0.2) is 37.2 Å². The molecule has 0 aromatic carbocycles. The van der Waals surface area contributed by atoms with Gasteiger partial charge in [0.05, 0.1) is 32.2 Å². The van der Waals surface area contributed by atoms with E-state index in [0.29, 0.717) is 0 Å². The van der Waals surface area contributed by atoms with E-state index in [-0.39, 0.29) is 0 Å². The van der Waals surface area contributed by atoms with Gasteiger partial charge in [-0.25, -0.2) is 0 Å². The maximum Gasteiger partial charge on any atom is 0.103 e. The van der Waals surface area contributed by atoms with E-state index in [0.717, 1.165) is 17.9 Å². The zero-order valence-electron chi connectivity index (χ0n) is 13.6. The van der Waals surface area contributed by atoms with Crippen molar-refractivity contribution in [3.63, 3.8) is 0 Å². The van der Waals surface area contributed by atoms with Crippen molar-refractivity contribution in [3.8, 4) is 0 Å². The first-order chi connectivity index (χ1) is 10.2. The third-order valence-electron chi connectivity index (χ3n) is 5.50. The van der Waals surface area contributed by atoms with Gasteiger partial charge in [-0.05, 0) is 18.6 Å². The van der Waals surface area contributed by atoms with Crippen molar-refractivity contribution in [1.82, 2.24) is 4.98 Å². The first-order valence-corrected chi connectivity index (χ1v) is 8.77. The second-order valence-corrected chi connectivity index (χ2v) is 7.57. The average Bonchev–Trinajstić information content (AvgIpc) is 2.48. The summed E-state index contributed by atoms with van der Waals surface area (Å²) in [4.78, 5) is 7.78. The van der Waals surface area contributed by atoms with Crippen LogP contribution in [0.25, 0.3) is 0 Å². The van der Waals surface area contributed by atoms with Crippen LogP contribution in [0.5, 0.6) is 0 Å². The lowest BCUT2D eigenvalue weighted by Gasteiger charge is -2.39. The minimum atomic E-state index is 0.922. The quantitative estimate of drug-likeness (QED) is 0.815. The number of pyridine rings is 1. The zero-order valence-corrected chi connectivity index (χ0v) is 13.6. The molecule has 0 saturated carbocycles. The molecular formula is C18H31N3+2. The summed E-state index contributed by atoms with van der Waals surface area (Å²) < 4.78 is 0. The summed E-state index contributed by atoms with van der Waals surface area (Å²) in [5, 5.41) is 0. The lowest BCUT2D eigenvalue weighted by molar-refractivity contribution is -0.969.